The monoisotopic (exact) mass is 221 g/mol. The van der Waals surface area contributed by atoms with Crippen molar-refractivity contribution in [2.24, 2.45) is 5.92 Å². The van der Waals surface area contributed by atoms with Crippen LogP contribution in [0.15, 0.2) is 29.7 Å². The largest absolute Gasteiger partial charge is 0.351 e. The van der Waals surface area contributed by atoms with E-state index in [0.29, 0.717) is 6.54 Å². The summed E-state index contributed by atoms with van der Waals surface area (Å²) in [6, 6.07) is 4.06. The van der Waals surface area contributed by atoms with Gasteiger partial charge in [0, 0.05) is 10.8 Å². The second kappa shape index (κ2) is 5.12. The summed E-state index contributed by atoms with van der Waals surface area (Å²) in [7, 11) is 0. The Hall–Kier alpha value is -1.09. The first-order chi connectivity index (χ1) is 7.36. The van der Waals surface area contributed by atoms with Crippen molar-refractivity contribution < 1.29 is 4.79 Å². The molecule has 0 unspecified atom stereocenters. The third-order valence-electron chi connectivity index (χ3n) is 2.66. The van der Waals surface area contributed by atoms with E-state index in [1.54, 1.807) is 11.3 Å². The van der Waals surface area contributed by atoms with Crippen LogP contribution in [0.1, 0.15) is 24.1 Å². The molecule has 0 spiro atoms. The summed E-state index contributed by atoms with van der Waals surface area (Å²) >= 11 is 1.68. The lowest BCUT2D eigenvalue weighted by atomic mass is 9.94. The van der Waals surface area contributed by atoms with Gasteiger partial charge in [0.15, 0.2) is 0 Å². The molecule has 0 radical (unpaired) electrons. The van der Waals surface area contributed by atoms with Crippen LogP contribution in [0, 0.1) is 5.92 Å². The van der Waals surface area contributed by atoms with Crippen LogP contribution in [0.4, 0.5) is 0 Å². The molecule has 3 heteroatoms. The molecular formula is C12H15NOS. The zero-order chi connectivity index (χ0) is 10.5. The number of rotatable bonds is 3. The fraction of sp³-hybridized carbons (Fsp3) is 0.417. The first kappa shape index (κ1) is 10.4. The van der Waals surface area contributed by atoms with Crippen LogP contribution in [-0.2, 0) is 11.3 Å². The third-order valence-corrected chi connectivity index (χ3v) is 3.53. The van der Waals surface area contributed by atoms with Crippen molar-refractivity contribution >= 4 is 17.2 Å². The maximum Gasteiger partial charge on any atom is 0.223 e. The Morgan fingerprint density at radius 2 is 2.47 bits per heavy atom. The van der Waals surface area contributed by atoms with E-state index in [9.17, 15) is 4.79 Å². The molecule has 1 aromatic heterocycles. The van der Waals surface area contributed by atoms with Gasteiger partial charge in [0.1, 0.15) is 0 Å². The normalized spacial score (nSPS) is 20.1. The summed E-state index contributed by atoms with van der Waals surface area (Å²) in [6.45, 7) is 0.677. The van der Waals surface area contributed by atoms with E-state index < -0.39 is 0 Å². The second-order valence-electron chi connectivity index (χ2n) is 3.78. The number of amides is 1. The van der Waals surface area contributed by atoms with Gasteiger partial charge in [0.25, 0.3) is 0 Å². The zero-order valence-corrected chi connectivity index (χ0v) is 9.43. The van der Waals surface area contributed by atoms with E-state index in [-0.39, 0.29) is 11.8 Å². The fourth-order valence-corrected chi connectivity index (χ4v) is 2.41. The molecule has 2 rings (SSSR count). The molecule has 0 saturated carbocycles. The number of hydrogen-bond donors (Lipinski definition) is 1. The lowest BCUT2D eigenvalue weighted by molar-refractivity contribution is -0.125. The average Bonchev–Trinajstić information content (AvgIpc) is 2.80. The van der Waals surface area contributed by atoms with Gasteiger partial charge in [-0.15, -0.1) is 11.3 Å². The van der Waals surface area contributed by atoms with Gasteiger partial charge < -0.3 is 5.32 Å². The number of carbonyl (C=O) groups excluding carboxylic acids is 1. The highest BCUT2D eigenvalue weighted by Crippen LogP contribution is 2.18. The molecule has 2 nitrogen and oxygen atoms in total. The van der Waals surface area contributed by atoms with Gasteiger partial charge >= 0.3 is 0 Å². The number of thiophene rings is 1. The Labute approximate surface area is 94.0 Å². The van der Waals surface area contributed by atoms with Crippen molar-refractivity contribution in [2.45, 2.75) is 25.8 Å². The third kappa shape index (κ3) is 2.93. The molecule has 0 fully saturated rings. The molecule has 1 heterocycles. The van der Waals surface area contributed by atoms with E-state index in [0.717, 1.165) is 19.3 Å². The van der Waals surface area contributed by atoms with Crippen LogP contribution in [0.2, 0.25) is 0 Å². The van der Waals surface area contributed by atoms with E-state index in [1.807, 2.05) is 17.5 Å². The molecule has 0 saturated heterocycles. The molecule has 1 amide bonds. The Morgan fingerprint density at radius 3 is 3.13 bits per heavy atom. The predicted octanol–water partition coefficient (Wildman–Crippen LogP) is 2.72. The minimum absolute atomic E-state index is 0.190. The number of nitrogens with one attached hydrogen (secondary N) is 1. The predicted molar refractivity (Wildman–Crippen MR) is 62.6 cm³/mol. The van der Waals surface area contributed by atoms with Crippen molar-refractivity contribution in [1.29, 1.82) is 0 Å². The zero-order valence-electron chi connectivity index (χ0n) is 8.61. The van der Waals surface area contributed by atoms with Gasteiger partial charge in [-0.1, -0.05) is 18.2 Å². The van der Waals surface area contributed by atoms with Gasteiger partial charge in [-0.05, 0) is 30.7 Å². The standard InChI is InChI=1S/C12H15NOS/c14-12(10-5-2-1-3-6-10)13-9-11-7-4-8-15-11/h1-2,4,7-8,10H,3,5-6,9H2,(H,13,14)/t10-/m1/s1. The highest BCUT2D eigenvalue weighted by atomic mass is 32.1. The second-order valence-corrected chi connectivity index (χ2v) is 4.81. The van der Waals surface area contributed by atoms with Crippen LogP contribution in [0.3, 0.4) is 0 Å². The number of carbonyl (C=O) groups is 1. The Morgan fingerprint density at radius 1 is 1.53 bits per heavy atom. The van der Waals surface area contributed by atoms with Crippen molar-refractivity contribution in [2.75, 3.05) is 0 Å². The molecule has 1 N–H and O–H groups in total. The van der Waals surface area contributed by atoms with Crippen molar-refractivity contribution in [1.82, 2.24) is 5.32 Å². The highest BCUT2D eigenvalue weighted by Gasteiger charge is 2.17. The van der Waals surface area contributed by atoms with Crippen molar-refractivity contribution in [3.63, 3.8) is 0 Å². The first-order valence-electron chi connectivity index (χ1n) is 5.31. The molecule has 80 valence electrons. The Balaban J connectivity index is 1.79. The molecule has 0 bridgehead atoms. The van der Waals surface area contributed by atoms with Crippen LogP contribution in [0.25, 0.3) is 0 Å². The van der Waals surface area contributed by atoms with Crippen molar-refractivity contribution in [3.05, 3.63) is 34.5 Å². The summed E-state index contributed by atoms with van der Waals surface area (Å²) < 4.78 is 0. The van der Waals surface area contributed by atoms with Gasteiger partial charge in [-0.25, -0.2) is 0 Å². The molecular weight excluding hydrogens is 206 g/mol. The lowest BCUT2D eigenvalue weighted by Gasteiger charge is -2.16. The van der Waals surface area contributed by atoms with Gasteiger partial charge in [-0.2, -0.15) is 0 Å². The molecule has 1 atom stereocenters. The minimum Gasteiger partial charge on any atom is -0.351 e. The molecule has 0 aliphatic heterocycles. The van der Waals surface area contributed by atoms with Crippen LogP contribution >= 0.6 is 11.3 Å². The quantitative estimate of drug-likeness (QED) is 0.781. The summed E-state index contributed by atoms with van der Waals surface area (Å²) in [5.74, 6) is 0.391. The van der Waals surface area contributed by atoms with Crippen LogP contribution < -0.4 is 5.32 Å². The van der Waals surface area contributed by atoms with Gasteiger partial charge in [0.05, 0.1) is 6.54 Å². The Bertz CT molecular complexity index is 343. The number of allylic oxidation sites excluding steroid dienone is 2. The molecule has 15 heavy (non-hydrogen) atoms. The number of hydrogen-bond acceptors (Lipinski definition) is 2. The van der Waals surface area contributed by atoms with Crippen LogP contribution in [0.5, 0.6) is 0 Å². The van der Waals surface area contributed by atoms with Gasteiger partial charge in [0.2, 0.25) is 5.91 Å². The molecule has 1 aliphatic carbocycles. The maximum absolute atomic E-state index is 11.8. The summed E-state index contributed by atoms with van der Waals surface area (Å²) in [4.78, 5) is 13.0. The van der Waals surface area contributed by atoms with E-state index in [2.05, 4.69) is 17.5 Å². The lowest BCUT2D eigenvalue weighted by Crippen LogP contribution is -2.30. The molecule has 1 aliphatic rings. The summed E-state index contributed by atoms with van der Waals surface area (Å²) in [5, 5.41) is 5.02. The van der Waals surface area contributed by atoms with E-state index >= 15 is 0 Å². The fourth-order valence-electron chi connectivity index (χ4n) is 1.76. The van der Waals surface area contributed by atoms with Crippen LogP contribution in [-0.4, -0.2) is 5.91 Å². The average molecular weight is 221 g/mol. The van der Waals surface area contributed by atoms with E-state index in [1.165, 1.54) is 4.88 Å². The summed E-state index contributed by atoms with van der Waals surface area (Å²) in [5.41, 5.74) is 0. The highest BCUT2D eigenvalue weighted by molar-refractivity contribution is 7.09. The Kier molecular flexibility index (Phi) is 3.56. The van der Waals surface area contributed by atoms with Gasteiger partial charge in [-0.3, -0.25) is 4.79 Å². The maximum atomic E-state index is 11.8. The SMILES string of the molecule is O=C(NCc1cccs1)[C@@H]1CC=CCC1. The molecule has 0 aromatic carbocycles. The summed E-state index contributed by atoms with van der Waals surface area (Å²) in [6.07, 6.45) is 7.20. The smallest absolute Gasteiger partial charge is 0.223 e. The minimum atomic E-state index is 0.190. The van der Waals surface area contributed by atoms with Crippen molar-refractivity contribution in [3.8, 4) is 0 Å². The first-order valence-corrected chi connectivity index (χ1v) is 6.19. The topological polar surface area (TPSA) is 29.1 Å². The molecule has 1 aromatic rings. The van der Waals surface area contributed by atoms with E-state index in [4.69, 9.17) is 0 Å².